The van der Waals surface area contributed by atoms with Gasteiger partial charge in [0.2, 0.25) is 5.91 Å². The van der Waals surface area contributed by atoms with Gasteiger partial charge in [0, 0.05) is 25.9 Å². The molecule has 0 aromatic heterocycles. The van der Waals surface area contributed by atoms with Crippen molar-refractivity contribution in [3.8, 4) is 5.75 Å². The molecule has 0 saturated heterocycles. The Morgan fingerprint density at radius 1 is 1.23 bits per heavy atom. The average molecular weight is 448 g/mol. The quantitative estimate of drug-likeness (QED) is 0.512. The van der Waals surface area contributed by atoms with E-state index in [2.05, 4.69) is 27.9 Å². The lowest BCUT2D eigenvalue weighted by Crippen LogP contribution is -2.07. The number of halogens is 3. The van der Waals surface area contributed by atoms with E-state index >= 15 is 0 Å². The lowest BCUT2D eigenvalue weighted by atomic mass is 10.2. The van der Waals surface area contributed by atoms with Crippen molar-refractivity contribution in [2.24, 2.45) is 0 Å². The first kappa shape index (κ1) is 17.1. The van der Waals surface area contributed by atoms with Crippen molar-refractivity contribution in [3.05, 3.63) is 61.7 Å². The van der Waals surface area contributed by atoms with Gasteiger partial charge < -0.3 is 10.1 Å². The highest BCUT2D eigenvalue weighted by molar-refractivity contribution is 14.1. The molecule has 2 rings (SSSR count). The van der Waals surface area contributed by atoms with Crippen LogP contribution in [0.5, 0.6) is 5.75 Å². The first-order valence-electron chi connectivity index (χ1n) is 6.27. The van der Waals surface area contributed by atoms with Gasteiger partial charge in [0.25, 0.3) is 0 Å². The number of methoxy groups -OCH3 is 1. The van der Waals surface area contributed by atoms with Crippen molar-refractivity contribution in [1.82, 2.24) is 0 Å². The topological polar surface area (TPSA) is 38.3 Å². The summed E-state index contributed by atoms with van der Waals surface area (Å²) in [5.74, 6) is 0.226. The number of rotatable bonds is 4. The maximum absolute atomic E-state index is 11.9. The summed E-state index contributed by atoms with van der Waals surface area (Å²) in [5.41, 5.74) is 1.36. The summed E-state index contributed by atoms with van der Waals surface area (Å²) < 4.78 is 6.32. The number of benzene rings is 2. The molecule has 2 aromatic rings. The van der Waals surface area contributed by atoms with E-state index < -0.39 is 0 Å². The average Bonchev–Trinajstić information content (AvgIpc) is 2.47. The molecule has 22 heavy (non-hydrogen) atoms. The van der Waals surface area contributed by atoms with Crippen molar-refractivity contribution >= 4 is 63.5 Å². The molecule has 0 bridgehead atoms. The zero-order chi connectivity index (χ0) is 16.1. The van der Waals surface area contributed by atoms with E-state index in [0.717, 1.165) is 9.26 Å². The van der Waals surface area contributed by atoms with Crippen LogP contribution < -0.4 is 10.1 Å². The van der Waals surface area contributed by atoms with Crippen molar-refractivity contribution in [2.75, 3.05) is 12.4 Å². The summed E-state index contributed by atoms with van der Waals surface area (Å²) in [6, 6.07) is 10.8. The van der Waals surface area contributed by atoms with Crippen LogP contribution in [0.1, 0.15) is 5.56 Å². The van der Waals surface area contributed by atoms with E-state index in [0.29, 0.717) is 21.4 Å². The van der Waals surface area contributed by atoms with Crippen LogP contribution in [0, 0.1) is 3.57 Å². The maximum Gasteiger partial charge on any atom is 0.248 e. The van der Waals surface area contributed by atoms with Gasteiger partial charge in [-0.15, -0.1) is 0 Å². The van der Waals surface area contributed by atoms with Gasteiger partial charge in [0.1, 0.15) is 5.75 Å². The summed E-state index contributed by atoms with van der Waals surface area (Å²) in [6.07, 6.45) is 3.01. The third-order valence-electron chi connectivity index (χ3n) is 2.77. The summed E-state index contributed by atoms with van der Waals surface area (Å²) in [4.78, 5) is 11.9. The first-order chi connectivity index (χ1) is 10.5. The van der Waals surface area contributed by atoms with E-state index in [1.54, 1.807) is 18.2 Å². The number of carbonyl (C=O) groups is 1. The predicted octanol–water partition coefficient (Wildman–Crippen LogP) is 5.26. The molecule has 0 atom stereocenters. The second kappa shape index (κ2) is 7.85. The molecule has 0 aliphatic heterocycles. The van der Waals surface area contributed by atoms with Gasteiger partial charge in [-0.3, -0.25) is 4.79 Å². The van der Waals surface area contributed by atoms with Crippen LogP contribution in [0.2, 0.25) is 10.0 Å². The third kappa shape index (κ3) is 4.63. The van der Waals surface area contributed by atoms with Gasteiger partial charge in [-0.1, -0.05) is 23.2 Å². The maximum atomic E-state index is 11.9. The number of nitrogens with one attached hydrogen (secondary N) is 1. The fourth-order valence-corrected chi connectivity index (χ4v) is 2.75. The normalized spacial score (nSPS) is 10.7. The molecule has 1 N–H and O–H groups in total. The highest BCUT2D eigenvalue weighted by atomic mass is 127. The number of anilines is 1. The van der Waals surface area contributed by atoms with E-state index in [4.69, 9.17) is 27.9 Å². The second-order valence-electron chi connectivity index (χ2n) is 4.34. The van der Waals surface area contributed by atoms with Crippen molar-refractivity contribution in [2.45, 2.75) is 0 Å². The zero-order valence-electron chi connectivity index (χ0n) is 11.6. The van der Waals surface area contributed by atoms with E-state index in [1.165, 1.54) is 13.2 Å². The van der Waals surface area contributed by atoms with Gasteiger partial charge >= 0.3 is 0 Å². The summed E-state index contributed by atoms with van der Waals surface area (Å²) in [5, 5.41) is 3.64. The van der Waals surface area contributed by atoms with E-state index in [9.17, 15) is 4.79 Å². The van der Waals surface area contributed by atoms with Crippen molar-refractivity contribution in [1.29, 1.82) is 0 Å². The first-order valence-corrected chi connectivity index (χ1v) is 8.10. The molecule has 6 heteroatoms. The molecule has 0 unspecified atom stereocenters. The molecular formula is C16H12Cl2INO2. The van der Waals surface area contributed by atoms with Gasteiger partial charge in [-0.25, -0.2) is 0 Å². The summed E-state index contributed by atoms with van der Waals surface area (Å²) in [7, 11) is 1.51. The summed E-state index contributed by atoms with van der Waals surface area (Å²) >= 11 is 14.2. The third-order valence-corrected chi connectivity index (χ3v) is 3.99. The van der Waals surface area contributed by atoms with Crippen LogP contribution in [0.3, 0.4) is 0 Å². The Bertz CT molecular complexity index is 715. The Balaban J connectivity index is 2.14. The van der Waals surface area contributed by atoms with Crippen LogP contribution in [-0.2, 0) is 4.79 Å². The van der Waals surface area contributed by atoms with Crippen molar-refractivity contribution in [3.63, 3.8) is 0 Å². The molecular weight excluding hydrogens is 436 g/mol. The van der Waals surface area contributed by atoms with Gasteiger partial charge in [0.05, 0.1) is 12.1 Å². The van der Waals surface area contributed by atoms with Crippen LogP contribution in [-0.4, -0.2) is 13.0 Å². The lowest BCUT2D eigenvalue weighted by Gasteiger charge is -2.08. The van der Waals surface area contributed by atoms with Gasteiger partial charge in [0.15, 0.2) is 0 Å². The smallest absolute Gasteiger partial charge is 0.248 e. The molecule has 114 valence electrons. The lowest BCUT2D eigenvalue weighted by molar-refractivity contribution is -0.111. The second-order valence-corrected chi connectivity index (χ2v) is 6.43. The summed E-state index contributed by atoms with van der Waals surface area (Å²) in [6.45, 7) is 0. The minimum absolute atomic E-state index is 0.251. The Hall–Kier alpha value is -1.24. The fraction of sp³-hybridized carbons (Fsp3) is 0.0625. The van der Waals surface area contributed by atoms with E-state index in [1.807, 2.05) is 24.3 Å². The number of ether oxygens (including phenoxy) is 1. The monoisotopic (exact) mass is 447 g/mol. The van der Waals surface area contributed by atoms with Gasteiger partial charge in [-0.2, -0.15) is 0 Å². The largest absolute Gasteiger partial charge is 0.495 e. The van der Waals surface area contributed by atoms with Crippen LogP contribution in [0.15, 0.2) is 42.5 Å². The highest BCUT2D eigenvalue weighted by Crippen LogP contribution is 2.32. The molecule has 0 aliphatic carbocycles. The van der Waals surface area contributed by atoms with Crippen molar-refractivity contribution < 1.29 is 9.53 Å². The molecule has 3 nitrogen and oxygen atoms in total. The fourth-order valence-electron chi connectivity index (χ4n) is 1.80. The number of carbonyl (C=O) groups excluding carboxylic acids is 1. The molecule has 0 spiro atoms. The van der Waals surface area contributed by atoms with Crippen LogP contribution in [0.25, 0.3) is 6.08 Å². The minimum atomic E-state index is -0.251. The number of hydrogen-bond acceptors (Lipinski definition) is 2. The highest BCUT2D eigenvalue weighted by Gasteiger charge is 2.08. The molecule has 2 aromatic carbocycles. The SMILES string of the molecule is COc1c(Cl)cc(Cl)cc1/C=C/C(=O)Nc1ccc(I)cc1. The minimum Gasteiger partial charge on any atom is -0.495 e. The number of hydrogen-bond donors (Lipinski definition) is 1. The Labute approximate surface area is 152 Å². The molecule has 0 radical (unpaired) electrons. The zero-order valence-corrected chi connectivity index (χ0v) is 15.2. The van der Waals surface area contributed by atoms with Crippen LogP contribution in [0.4, 0.5) is 5.69 Å². The Kier molecular flexibility index (Phi) is 6.11. The van der Waals surface area contributed by atoms with Crippen LogP contribution >= 0.6 is 45.8 Å². The molecule has 1 amide bonds. The molecule has 0 fully saturated rings. The molecule has 0 saturated carbocycles. The predicted molar refractivity (Wildman–Crippen MR) is 99.8 cm³/mol. The standard InChI is InChI=1S/C16H12Cl2INO2/c1-22-16-10(8-11(17)9-14(16)18)2-7-15(21)20-13-5-3-12(19)4-6-13/h2-9H,1H3,(H,20,21)/b7-2+. The Morgan fingerprint density at radius 3 is 2.55 bits per heavy atom. The molecule has 0 aliphatic rings. The Morgan fingerprint density at radius 2 is 1.91 bits per heavy atom. The number of amides is 1. The molecule has 0 heterocycles. The van der Waals surface area contributed by atoms with E-state index in [-0.39, 0.29) is 5.91 Å². The van der Waals surface area contributed by atoms with Gasteiger partial charge in [-0.05, 0) is 65.1 Å².